The smallest absolute Gasteiger partial charge is 0.319 e. The summed E-state index contributed by atoms with van der Waals surface area (Å²) in [4.78, 5) is 42.7. The van der Waals surface area contributed by atoms with Gasteiger partial charge in [-0.25, -0.2) is 4.90 Å². The van der Waals surface area contributed by atoms with Crippen LogP contribution in [0.5, 0.6) is 0 Å². The number of rotatable bonds is 2. The number of carbonyl (C=O) groups excluding carboxylic acids is 2. The normalized spacial score (nSPS) is 26.4. The highest BCUT2D eigenvalue weighted by molar-refractivity contribution is 6.27. The van der Waals surface area contributed by atoms with Gasteiger partial charge in [-0.1, -0.05) is 84.9 Å². The molecule has 164 valence electrons. The highest BCUT2D eigenvalue weighted by Crippen LogP contribution is 2.64. The fourth-order valence-electron chi connectivity index (χ4n) is 6.78. The predicted molar refractivity (Wildman–Crippen MR) is 127 cm³/mol. The van der Waals surface area contributed by atoms with Crippen LogP contribution in [0, 0.1) is 11.8 Å². The average molecular weight is 445 g/mol. The van der Waals surface area contributed by atoms with Crippen LogP contribution in [0.3, 0.4) is 0 Å². The van der Waals surface area contributed by atoms with Gasteiger partial charge in [-0.2, -0.15) is 0 Å². The van der Waals surface area contributed by atoms with Crippen molar-refractivity contribution in [2.75, 3.05) is 4.90 Å². The first-order valence-electron chi connectivity index (χ1n) is 11.3. The van der Waals surface area contributed by atoms with Gasteiger partial charge in [0.2, 0.25) is 11.8 Å². The van der Waals surface area contributed by atoms with Crippen molar-refractivity contribution in [1.82, 2.24) is 0 Å². The lowest BCUT2D eigenvalue weighted by atomic mass is 9.47. The van der Waals surface area contributed by atoms with Gasteiger partial charge in [0.1, 0.15) is 5.41 Å². The molecule has 1 heterocycles. The zero-order chi connectivity index (χ0) is 23.2. The van der Waals surface area contributed by atoms with Crippen molar-refractivity contribution in [3.63, 3.8) is 0 Å². The van der Waals surface area contributed by atoms with E-state index >= 15 is 0 Å². The van der Waals surface area contributed by atoms with E-state index in [1.54, 1.807) is 18.2 Å². The van der Waals surface area contributed by atoms with Gasteiger partial charge in [-0.05, 0) is 33.7 Å². The second-order valence-electron chi connectivity index (χ2n) is 9.28. The Hall–Kier alpha value is -4.25. The Labute approximate surface area is 195 Å². The first-order valence-corrected chi connectivity index (χ1v) is 11.3. The number of anilines is 1. The number of aliphatic carboxylic acids is 1. The molecule has 0 unspecified atom stereocenters. The number of imide groups is 1. The molecule has 0 spiro atoms. The number of nitrogens with zero attached hydrogens (tertiary/aromatic N) is 1. The molecule has 8 rings (SSSR count). The van der Waals surface area contributed by atoms with Crippen LogP contribution < -0.4 is 4.90 Å². The number of fused-ring (bicyclic) bond motifs is 1. The minimum atomic E-state index is -1.61. The minimum absolute atomic E-state index is 0.328. The lowest BCUT2D eigenvalue weighted by molar-refractivity contribution is -0.149. The van der Waals surface area contributed by atoms with Gasteiger partial charge < -0.3 is 5.11 Å². The van der Waals surface area contributed by atoms with E-state index in [-0.39, 0.29) is 11.8 Å². The number of benzene rings is 4. The van der Waals surface area contributed by atoms with Gasteiger partial charge >= 0.3 is 5.97 Å². The lowest BCUT2D eigenvalue weighted by Gasteiger charge is -2.51. The predicted octanol–water partition coefficient (Wildman–Crippen LogP) is 4.48. The number of hydrogen-bond acceptors (Lipinski definition) is 3. The van der Waals surface area contributed by atoms with Gasteiger partial charge in [0.25, 0.3) is 0 Å². The third-order valence-electron chi connectivity index (χ3n) is 7.96. The Morgan fingerprint density at radius 1 is 0.735 bits per heavy atom. The van der Waals surface area contributed by atoms with E-state index in [9.17, 15) is 19.5 Å². The highest BCUT2D eigenvalue weighted by Gasteiger charge is 2.71. The van der Waals surface area contributed by atoms with Gasteiger partial charge in [-0.3, -0.25) is 14.4 Å². The molecule has 4 aliphatic rings. The lowest BCUT2D eigenvalue weighted by Crippen LogP contribution is -2.57. The van der Waals surface area contributed by atoms with E-state index in [0.717, 1.165) is 21.9 Å². The van der Waals surface area contributed by atoms with Crippen LogP contribution in [-0.4, -0.2) is 22.9 Å². The maximum atomic E-state index is 14.2. The van der Waals surface area contributed by atoms with Crippen LogP contribution >= 0.6 is 0 Å². The monoisotopic (exact) mass is 445 g/mol. The summed E-state index contributed by atoms with van der Waals surface area (Å²) in [5.74, 6) is -4.01. The van der Waals surface area contributed by atoms with Crippen molar-refractivity contribution < 1.29 is 19.5 Å². The summed E-state index contributed by atoms with van der Waals surface area (Å²) >= 11 is 0. The number of hydrogen-bond donors (Lipinski definition) is 1. The fourth-order valence-corrected chi connectivity index (χ4v) is 6.78. The van der Waals surface area contributed by atoms with Crippen molar-refractivity contribution in [3.8, 4) is 0 Å². The highest BCUT2D eigenvalue weighted by atomic mass is 16.4. The molecule has 2 atom stereocenters. The van der Waals surface area contributed by atoms with Crippen molar-refractivity contribution in [3.05, 3.63) is 113 Å². The number of carboxylic acid groups (broad SMARTS) is 1. The van der Waals surface area contributed by atoms with Crippen LogP contribution in [0.1, 0.15) is 28.2 Å². The summed E-state index contributed by atoms with van der Waals surface area (Å²) in [5.41, 5.74) is 1.78. The first kappa shape index (κ1) is 19.2. The van der Waals surface area contributed by atoms with Crippen molar-refractivity contribution in [2.24, 2.45) is 11.8 Å². The molecule has 0 radical (unpaired) electrons. The van der Waals surface area contributed by atoms with E-state index in [1.807, 2.05) is 72.8 Å². The molecule has 34 heavy (non-hydrogen) atoms. The third kappa shape index (κ3) is 2.04. The Morgan fingerprint density at radius 3 is 2.00 bits per heavy atom. The molecule has 1 N–H and O–H groups in total. The molecule has 4 aromatic rings. The summed E-state index contributed by atoms with van der Waals surface area (Å²) in [5, 5.41) is 12.5. The maximum Gasteiger partial charge on any atom is 0.319 e. The minimum Gasteiger partial charge on any atom is -0.480 e. The van der Waals surface area contributed by atoms with E-state index < -0.39 is 29.1 Å². The molecule has 4 aromatic carbocycles. The van der Waals surface area contributed by atoms with Crippen LogP contribution in [0.25, 0.3) is 10.8 Å². The molecule has 1 fully saturated rings. The molecular formula is C29H19NO4. The van der Waals surface area contributed by atoms with E-state index in [0.29, 0.717) is 16.8 Å². The fraction of sp³-hybridized carbons (Fsp3) is 0.138. The van der Waals surface area contributed by atoms with Gasteiger partial charge in [0.15, 0.2) is 0 Å². The molecule has 2 bridgehead atoms. The topological polar surface area (TPSA) is 74.7 Å². The van der Waals surface area contributed by atoms with Crippen LogP contribution in [-0.2, 0) is 19.8 Å². The Kier molecular flexibility index (Phi) is 3.63. The molecule has 1 aliphatic heterocycles. The summed E-state index contributed by atoms with van der Waals surface area (Å²) < 4.78 is 0. The first-order chi connectivity index (χ1) is 16.6. The Balaban J connectivity index is 1.54. The van der Waals surface area contributed by atoms with Crippen LogP contribution in [0.15, 0.2) is 91.0 Å². The molecule has 5 nitrogen and oxygen atoms in total. The second-order valence-corrected chi connectivity index (χ2v) is 9.28. The number of amides is 2. The SMILES string of the molecule is O=C1[C@@H]2[C@@H](C(=O)N1c1cccc3ccccc13)C1c3ccccc3C2(C(=O)O)c2ccccc21. The largest absolute Gasteiger partial charge is 0.480 e. The second kappa shape index (κ2) is 6.41. The standard InChI is InChI=1S/C29H19NO4/c31-26-24-23-18-11-3-5-13-20(18)29(28(33)34,21-14-6-4-12-19(21)23)25(24)27(32)30(26)22-15-7-9-16-8-1-2-10-17(16)22/h1-15,23-25H,(H,33,34)/t23?,24-,25-,29?/m0/s1. The molecule has 0 saturated carbocycles. The molecule has 1 saturated heterocycles. The zero-order valence-electron chi connectivity index (χ0n) is 18.0. The summed E-state index contributed by atoms with van der Waals surface area (Å²) in [7, 11) is 0. The molecular weight excluding hydrogens is 426 g/mol. The summed E-state index contributed by atoms with van der Waals surface area (Å²) in [6, 6.07) is 27.9. The van der Waals surface area contributed by atoms with Crippen LogP contribution in [0.2, 0.25) is 0 Å². The summed E-state index contributed by atoms with van der Waals surface area (Å²) in [6.45, 7) is 0. The van der Waals surface area contributed by atoms with Gasteiger partial charge in [-0.15, -0.1) is 0 Å². The van der Waals surface area contributed by atoms with Gasteiger partial charge in [0.05, 0.1) is 17.5 Å². The molecule has 3 aliphatic carbocycles. The zero-order valence-corrected chi connectivity index (χ0v) is 18.0. The summed E-state index contributed by atoms with van der Waals surface area (Å²) in [6.07, 6.45) is 0. The average Bonchev–Trinajstić information content (AvgIpc) is 3.14. The quantitative estimate of drug-likeness (QED) is 0.462. The van der Waals surface area contributed by atoms with Crippen molar-refractivity contribution >= 4 is 34.2 Å². The Bertz CT molecular complexity index is 1520. The molecule has 2 amide bonds. The van der Waals surface area contributed by atoms with Crippen molar-refractivity contribution in [1.29, 1.82) is 0 Å². The maximum absolute atomic E-state index is 14.2. The third-order valence-corrected chi connectivity index (χ3v) is 7.96. The molecule has 0 aromatic heterocycles. The van der Waals surface area contributed by atoms with E-state index in [4.69, 9.17) is 0 Å². The van der Waals surface area contributed by atoms with Gasteiger partial charge in [0, 0.05) is 11.3 Å². The van der Waals surface area contributed by atoms with E-state index in [1.165, 1.54) is 4.90 Å². The van der Waals surface area contributed by atoms with E-state index in [2.05, 4.69) is 0 Å². The molecule has 5 heteroatoms. The van der Waals surface area contributed by atoms with Crippen molar-refractivity contribution in [2.45, 2.75) is 11.3 Å². The van der Waals surface area contributed by atoms with Crippen LogP contribution in [0.4, 0.5) is 5.69 Å². The number of carboxylic acids is 1. The Morgan fingerprint density at radius 2 is 1.32 bits per heavy atom. The number of carbonyl (C=O) groups is 3.